The van der Waals surface area contributed by atoms with E-state index >= 15 is 0 Å². The third kappa shape index (κ3) is 1.94. The molecule has 1 aromatic rings. The lowest BCUT2D eigenvalue weighted by Crippen LogP contribution is -2.11. The molecular formula is C7H6ClN3O2. The van der Waals surface area contributed by atoms with E-state index in [1.165, 1.54) is 12.1 Å². The molecule has 13 heavy (non-hydrogen) atoms. The number of amidine groups is 1. The molecule has 0 unspecified atom stereocenters. The lowest BCUT2D eigenvalue weighted by atomic mass is 10.2. The summed E-state index contributed by atoms with van der Waals surface area (Å²) in [4.78, 5) is 9.74. The molecule has 1 aromatic carbocycles. The summed E-state index contributed by atoms with van der Waals surface area (Å²) in [5, 5.41) is 17.5. The van der Waals surface area contributed by atoms with Gasteiger partial charge in [-0.2, -0.15) is 0 Å². The van der Waals surface area contributed by atoms with E-state index in [0.29, 0.717) is 5.56 Å². The minimum Gasteiger partial charge on any atom is -0.384 e. The van der Waals surface area contributed by atoms with Gasteiger partial charge in [-0.25, -0.2) is 0 Å². The summed E-state index contributed by atoms with van der Waals surface area (Å²) in [5.74, 6) is -0.208. The maximum atomic E-state index is 10.3. The average molecular weight is 200 g/mol. The summed E-state index contributed by atoms with van der Waals surface area (Å²) in [7, 11) is 0. The fraction of sp³-hybridized carbons (Fsp3) is 0. The molecule has 0 heterocycles. The Kier molecular flexibility index (Phi) is 2.48. The first kappa shape index (κ1) is 9.47. The minimum atomic E-state index is -0.560. The fourth-order valence-electron chi connectivity index (χ4n) is 0.836. The highest BCUT2D eigenvalue weighted by Gasteiger charge is 2.10. The molecule has 0 radical (unpaired) electrons. The van der Waals surface area contributed by atoms with E-state index < -0.39 is 4.92 Å². The maximum absolute atomic E-state index is 10.3. The number of nitro groups is 1. The van der Waals surface area contributed by atoms with E-state index in [2.05, 4.69) is 0 Å². The SMILES string of the molecule is N=C(N)c1ccc([N+](=O)[O-])cc1Cl. The number of nitrogens with one attached hydrogen (secondary N) is 1. The summed E-state index contributed by atoms with van der Waals surface area (Å²) in [6.07, 6.45) is 0. The largest absolute Gasteiger partial charge is 0.384 e. The fourth-order valence-corrected chi connectivity index (χ4v) is 1.11. The van der Waals surface area contributed by atoms with E-state index in [1.54, 1.807) is 0 Å². The van der Waals surface area contributed by atoms with Crippen molar-refractivity contribution in [1.29, 1.82) is 5.41 Å². The summed E-state index contributed by atoms with van der Waals surface area (Å²) in [5.41, 5.74) is 5.35. The first-order valence-electron chi connectivity index (χ1n) is 3.30. The van der Waals surface area contributed by atoms with Gasteiger partial charge in [-0.05, 0) is 6.07 Å². The lowest BCUT2D eigenvalue weighted by Gasteiger charge is -2.00. The van der Waals surface area contributed by atoms with Crippen LogP contribution in [0.5, 0.6) is 0 Å². The van der Waals surface area contributed by atoms with Gasteiger partial charge >= 0.3 is 0 Å². The Morgan fingerprint density at radius 1 is 1.62 bits per heavy atom. The van der Waals surface area contributed by atoms with Gasteiger partial charge in [0.2, 0.25) is 0 Å². The highest BCUT2D eigenvalue weighted by Crippen LogP contribution is 2.21. The highest BCUT2D eigenvalue weighted by atomic mass is 35.5. The van der Waals surface area contributed by atoms with E-state index in [9.17, 15) is 10.1 Å². The van der Waals surface area contributed by atoms with Gasteiger partial charge in [0, 0.05) is 17.7 Å². The van der Waals surface area contributed by atoms with Crippen LogP contribution >= 0.6 is 11.6 Å². The normalized spacial score (nSPS) is 9.62. The number of nitrogen functional groups attached to an aromatic ring is 1. The average Bonchev–Trinajstić information content (AvgIpc) is 2.03. The number of rotatable bonds is 2. The van der Waals surface area contributed by atoms with Crippen LogP contribution in [-0.2, 0) is 0 Å². The second-order valence-corrected chi connectivity index (χ2v) is 2.74. The van der Waals surface area contributed by atoms with Crippen LogP contribution in [0.3, 0.4) is 0 Å². The maximum Gasteiger partial charge on any atom is 0.270 e. The van der Waals surface area contributed by atoms with Crippen molar-refractivity contribution in [3.8, 4) is 0 Å². The smallest absolute Gasteiger partial charge is 0.270 e. The molecule has 0 aliphatic rings. The number of hydrogen-bond acceptors (Lipinski definition) is 3. The predicted octanol–water partition coefficient (Wildman–Crippen LogP) is 1.53. The summed E-state index contributed by atoms with van der Waals surface area (Å²) >= 11 is 5.64. The topological polar surface area (TPSA) is 93.0 Å². The predicted molar refractivity (Wildman–Crippen MR) is 49.1 cm³/mol. The molecule has 0 aromatic heterocycles. The Bertz CT molecular complexity index is 378. The van der Waals surface area contributed by atoms with Gasteiger partial charge in [0.25, 0.3) is 5.69 Å². The molecule has 68 valence electrons. The molecule has 3 N–H and O–H groups in total. The molecule has 0 aliphatic heterocycles. The molecule has 1 rings (SSSR count). The molecule has 0 spiro atoms. The summed E-state index contributed by atoms with van der Waals surface area (Å²) in [6, 6.07) is 3.77. The Morgan fingerprint density at radius 2 is 2.23 bits per heavy atom. The first-order chi connectivity index (χ1) is 6.02. The molecule has 0 saturated carbocycles. The number of non-ortho nitro benzene ring substituents is 1. The Labute approximate surface area is 78.8 Å². The van der Waals surface area contributed by atoms with Crippen LogP contribution < -0.4 is 5.73 Å². The Hall–Kier alpha value is -1.62. The standard InChI is InChI=1S/C7H6ClN3O2/c8-6-3-4(11(12)13)1-2-5(6)7(9)10/h1-3H,(H3,9,10). The summed E-state index contributed by atoms with van der Waals surface area (Å²) in [6.45, 7) is 0. The van der Waals surface area contributed by atoms with Crippen molar-refractivity contribution in [2.24, 2.45) is 5.73 Å². The van der Waals surface area contributed by atoms with Crippen molar-refractivity contribution in [3.63, 3.8) is 0 Å². The number of hydrogen-bond donors (Lipinski definition) is 2. The van der Waals surface area contributed by atoms with Gasteiger partial charge in [0.1, 0.15) is 5.84 Å². The van der Waals surface area contributed by atoms with Crippen molar-refractivity contribution in [2.45, 2.75) is 0 Å². The zero-order valence-corrected chi connectivity index (χ0v) is 7.21. The molecule has 5 nitrogen and oxygen atoms in total. The van der Waals surface area contributed by atoms with Crippen molar-refractivity contribution in [2.75, 3.05) is 0 Å². The second-order valence-electron chi connectivity index (χ2n) is 2.33. The van der Waals surface area contributed by atoms with Crippen molar-refractivity contribution in [3.05, 3.63) is 38.9 Å². The molecule has 0 amide bonds. The Morgan fingerprint density at radius 3 is 2.62 bits per heavy atom. The number of nitrogens with zero attached hydrogens (tertiary/aromatic N) is 1. The van der Waals surface area contributed by atoms with Gasteiger partial charge in [0.05, 0.1) is 9.95 Å². The van der Waals surface area contributed by atoms with E-state index in [0.717, 1.165) is 6.07 Å². The Balaban J connectivity index is 3.20. The van der Waals surface area contributed by atoms with Crippen LogP contribution in [0.15, 0.2) is 18.2 Å². The van der Waals surface area contributed by atoms with Crippen molar-refractivity contribution < 1.29 is 4.92 Å². The van der Waals surface area contributed by atoms with E-state index in [-0.39, 0.29) is 16.5 Å². The molecule has 0 bridgehead atoms. The molecule has 0 fully saturated rings. The van der Waals surface area contributed by atoms with Crippen LogP contribution in [0.2, 0.25) is 5.02 Å². The molecular weight excluding hydrogens is 194 g/mol. The van der Waals surface area contributed by atoms with E-state index in [1.807, 2.05) is 0 Å². The van der Waals surface area contributed by atoms with E-state index in [4.69, 9.17) is 22.7 Å². The molecule has 0 aliphatic carbocycles. The van der Waals surface area contributed by atoms with Crippen LogP contribution in [0.4, 0.5) is 5.69 Å². The summed E-state index contributed by atoms with van der Waals surface area (Å²) < 4.78 is 0. The van der Waals surface area contributed by atoms with Gasteiger partial charge in [-0.15, -0.1) is 0 Å². The van der Waals surface area contributed by atoms with Crippen molar-refractivity contribution in [1.82, 2.24) is 0 Å². The van der Waals surface area contributed by atoms with Crippen molar-refractivity contribution >= 4 is 23.1 Å². The van der Waals surface area contributed by atoms with Crippen LogP contribution in [0, 0.1) is 15.5 Å². The van der Waals surface area contributed by atoms with Gasteiger partial charge in [-0.1, -0.05) is 11.6 Å². The highest BCUT2D eigenvalue weighted by molar-refractivity contribution is 6.34. The van der Waals surface area contributed by atoms with Crippen LogP contribution in [0.25, 0.3) is 0 Å². The monoisotopic (exact) mass is 199 g/mol. The van der Waals surface area contributed by atoms with Gasteiger partial charge in [-0.3, -0.25) is 15.5 Å². The van der Waals surface area contributed by atoms with Gasteiger partial charge in [0.15, 0.2) is 0 Å². The third-order valence-corrected chi connectivity index (χ3v) is 1.77. The zero-order chi connectivity index (χ0) is 10.0. The van der Waals surface area contributed by atoms with Crippen LogP contribution in [-0.4, -0.2) is 10.8 Å². The number of nitro benzene ring substituents is 1. The third-order valence-electron chi connectivity index (χ3n) is 1.45. The quantitative estimate of drug-likeness (QED) is 0.327. The second kappa shape index (κ2) is 3.40. The minimum absolute atomic E-state index is 0.113. The van der Waals surface area contributed by atoms with Crippen LogP contribution in [0.1, 0.15) is 5.56 Å². The lowest BCUT2D eigenvalue weighted by molar-refractivity contribution is -0.384. The number of nitrogens with two attached hydrogens (primary N) is 1. The van der Waals surface area contributed by atoms with Gasteiger partial charge < -0.3 is 5.73 Å². The number of benzene rings is 1. The molecule has 6 heteroatoms. The molecule has 0 saturated heterocycles. The first-order valence-corrected chi connectivity index (χ1v) is 3.68. The number of halogens is 1. The molecule has 0 atom stereocenters. The zero-order valence-electron chi connectivity index (χ0n) is 6.45.